The maximum atomic E-state index is 12.5. The number of halogens is 7. The van der Waals surface area contributed by atoms with Gasteiger partial charge in [-0.05, 0) is 35.4 Å². The lowest BCUT2D eigenvalue weighted by molar-refractivity contribution is 0.280. The normalized spacial score (nSPS) is 10.2. The second-order valence-corrected chi connectivity index (χ2v) is 6.28. The molecule has 0 unspecified atom stereocenters. The van der Waals surface area contributed by atoms with Crippen molar-refractivity contribution in [3.8, 4) is 0 Å². The van der Waals surface area contributed by atoms with Crippen molar-refractivity contribution in [1.82, 2.24) is 0 Å². The molecule has 0 atom stereocenters. The zero-order chi connectivity index (χ0) is 16.9. The molecule has 0 amide bonds. The van der Waals surface area contributed by atoms with Crippen molar-refractivity contribution in [3.63, 3.8) is 0 Å². The first kappa shape index (κ1) is 19.6. The van der Waals surface area contributed by atoms with E-state index in [0.29, 0.717) is 25.4 Å². The minimum atomic E-state index is -0.947. The summed E-state index contributed by atoms with van der Waals surface area (Å²) in [4.78, 5) is 0. The van der Waals surface area contributed by atoms with Crippen LogP contribution in [-0.4, -0.2) is 5.11 Å². The van der Waals surface area contributed by atoms with Gasteiger partial charge in [-0.25, -0.2) is 17.6 Å². The van der Waals surface area contributed by atoms with Gasteiger partial charge < -0.3 is 5.11 Å². The summed E-state index contributed by atoms with van der Waals surface area (Å²) in [6.07, 6.45) is 0. The number of hydrogen-bond donors (Lipinski definition) is 1. The van der Waals surface area contributed by atoms with Crippen molar-refractivity contribution in [2.45, 2.75) is 11.9 Å². The molecule has 0 radical (unpaired) electrons. The molecule has 0 spiro atoms. The fourth-order valence-corrected chi connectivity index (χ4v) is 3.09. The zero-order valence-corrected chi connectivity index (χ0v) is 15.6. The topological polar surface area (TPSA) is 20.2 Å². The van der Waals surface area contributed by atoms with E-state index in [0.717, 1.165) is 24.3 Å². The minimum absolute atomic E-state index is 0.308. The summed E-state index contributed by atoms with van der Waals surface area (Å²) >= 11 is 9.23. The van der Waals surface area contributed by atoms with Crippen LogP contribution in [0.5, 0.6) is 0 Å². The second kappa shape index (κ2) is 9.00. The Morgan fingerprint density at radius 3 is 1.50 bits per heavy atom. The SMILES string of the molecule is Fc1cc(Br)c(CBr)cc1F.OCc1cc(F)c(F)cc1Br. The van der Waals surface area contributed by atoms with E-state index < -0.39 is 23.3 Å². The number of aliphatic hydroxyl groups excluding tert-OH is 1. The lowest BCUT2D eigenvalue weighted by Gasteiger charge is -2.00. The highest BCUT2D eigenvalue weighted by Crippen LogP contribution is 2.22. The second-order valence-electron chi connectivity index (χ2n) is 4.01. The van der Waals surface area contributed by atoms with Crippen molar-refractivity contribution in [3.05, 3.63) is 67.6 Å². The Labute approximate surface area is 149 Å². The highest BCUT2D eigenvalue weighted by Gasteiger charge is 2.06. The maximum absolute atomic E-state index is 12.5. The molecule has 1 N–H and O–H groups in total. The largest absolute Gasteiger partial charge is 0.392 e. The molecule has 0 heterocycles. The van der Waals surface area contributed by atoms with Crippen LogP contribution >= 0.6 is 47.8 Å². The van der Waals surface area contributed by atoms with E-state index in [1.165, 1.54) is 0 Å². The molecule has 0 aromatic heterocycles. The standard InChI is InChI=1S/C7H4Br2F2.C7H5BrF2O/c8-3-4-1-6(10)7(11)2-5(4)9;8-5-2-7(10)6(9)1-4(5)3-11/h1-2H,3H2;1-2,11H,3H2. The highest BCUT2D eigenvalue weighted by molar-refractivity contribution is 9.11. The monoisotopic (exact) mass is 506 g/mol. The van der Waals surface area contributed by atoms with E-state index in [4.69, 9.17) is 5.11 Å². The van der Waals surface area contributed by atoms with E-state index in [-0.39, 0.29) is 6.61 Å². The van der Waals surface area contributed by atoms with Gasteiger partial charge in [0, 0.05) is 14.3 Å². The van der Waals surface area contributed by atoms with Crippen molar-refractivity contribution in [1.29, 1.82) is 0 Å². The van der Waals surface area contributed by atoms with Crippen LogP contribution in [0.3, 0.4) is 0 Å². The van der Waals surface area contributed by atoms with Crippen molar-refractivity contribution >= 4 is 47.8 Å². The molecule has 0 aliphatic heterocycles. The average Bonchev–Trinajstić information content (AvgIpc) is 2.47. The third-order valence-corrected chi connectivity index (χ3v) is 4.57. The lowest BCUT2D eigenvalue weighted by atomic mass is 10.2. The summed E-state index contributed by atoms with van der Waals surface area (Å²) in [5, 5.41) is 9.12. The molecule has 0 fully saturated rings. The molecule has 1 nitrogen and oxygen atoms in total. The fraction of sp³-hybridized carbons (Fsp3) is 0.143. The van der Waals surface area contributed by atoms with Gasteiger partial charge in [-0.2, -0.15) is 0 Å². The van der Waals surface area contributed by atoms with E-state index in [1.54, 1.807) is 0 Å². The van der Waals surface area contributed by atoms with Gasteiger partial charge in [-0.15, -0.1) is 0 Å². The molecule has 120 valence electrons. The van der Waals surface area contributed by atoms with Crippen LogP contribution in [0.2, 0.25) is 0 Å². The van der Waals surface area contributed by atoms with Gasteiger partial charge in [0.05, 0.1) is 6.61 Å². The Bertz CT molecular complexity index is 608. The number of alkyl halides is 1. The van der Waals surface area contributed by atoms with Crippen LogP contribution in [0.25, 0.3) is 0 Å². The molecular formula is C14H9Br3F4O. The zero-order valence-electron chi connectivity index (χ0n) is 10.8. The lowest BCUT2D eigenvalue weighted by Crippen LogP contribution is -1.90. The van der Waals surface area contributed by atoms with E-state index in [1.807, 2.05) is 0 Å². The van der Waals surface area contributed by atoms with E-state index in [9.17, 15) is 17.6 Å². The average molecular weight is 509 g/mol. The Hall–Kier alpha value is -0.440. The van der Waals surface area contributed by atoms with Gasteiger partial charge in [-0.1, -0.05) is 47.8 Å². The van der Waals surface area contributed by atoms with Crippen LogP contribution in [0, 0.1) is 23.3 Å². The van der Waals surface area contributed by atoms with Gasteiger partial charge in [0.25, 0.3) is 0 Å². The van der Waals surface area contributed by atoms with Gasteiger partial charge in [-0.3, -0.25) is 0 Å². The number of aliphatic hydroxyl groups is 1. The molecule has 0 aliphatic rings. The van der Waals surface area contributed by atoms with E-state index in [2.05, 4.69) is 47.8 Å². The Balaban J connectivity index is 0.000000220. The summed E-state index contributed by atoms with van der Waals surface area (Å²) < 4.78 is 50.8. The molecule has 8 heteroatoms. The third-order valence-electron chi connectivity index (χ3n) is 2.49. The Kier molecular flexibility index (Phi) is 8.02. The molecule has 0 aliphatic carbocycles. The number of hydrogen-bond acceptors (Lipinski definition) is 1. The highest BCUT2D eigenvalue weighted by atomic mass is 79.9. The van der Waals surface area contributed by atoms with Gasteiger partial charge >= 0.3 is 0 Å². The summed E-state index contributed by atoms with van der Waals surface area (Å²) in [6, 6.07) is 4.22. The van der Waals surface area contributed by atoms with E-state index >= 15 is 0 Å². The third kappa shape index (κ3) is 5.33. The first-order valence-electron chi connectivity index (χ1n) is 5.73. The molecule has 0 saturated carbocycles. The van der Waals surface area contributed by atoms with Crippen molar-refractivity contribution in [2.75, 3.05) is 0 Å². The smallest absolute Gasteiger partial charge is 0.159 e. The summed E-state index contributed by atoms with van der Waals surface area (Å²) in [6.45, 7) is -0.308. The van der Waals surface area contributed by atoms with Crippen LogP contribution in [0.1, 0.15) is 11.1 Å². The predicted molar refractivity (Wildman–Crippen MR) is 86.7 cm³/mol. The predicted octanol–water partition coefficient (Wildman–Crippen LogP) is 5.84. The Morgan fingerprint density at radius 2 is 1.09 bits per heavy atom. The van der Waals surface area contributed by atoms with Crippen LogP contribution in [0.15, 0.2) is 33.2 Å². The summed E-state index contributed by atoms with van der Waals surface area (Å²) in [5.74, 6) is -3.52. The quantitative estimate of drug-likeness (QED) is 0.307. The van der Waals surface area contributed by atoms with Crippen LogP contribution in [0.4, 0.5) is 17.6 Å². The number of benzene rings is 2. The van der Waals surface area contributed by atoms with Crippen LogP contribution < -0.4 is 0 Å². The first-order chi connectivity index (χ1) is 10.3. The van der Waals surface area contributed by atoms with Gasteiger partial charge in [0.1, 0.15) is 0 Å². The molecular weight excluding hydrogens is 500 g/mol. The molecule has 2 aromatic rings. The van der Waals surface area contributed by atoms with Crippen LogP contribution in [-0.2, 0) is 11.9 Å². The molecule has 2 rings (SSSR count). The fourth-order valence-electron chi connectivity index (χ4n) is 1.35. The summed E-state index contributed by atoms with van der Waals surface area (Å²) in [7, 11) is 0. The van der Waals surface area contributed by atoms with Gasteiger partial charge in [0.15, 0.2) is 23.3 Å². The Morgan fingerprint density at radius 1 is 0.727 bits per heavy atom. The van der Waals surface area contributed by atoms with Gasteiger partial charge in [0.2, 0.25) is 0 Å². The summed E-state index contributed by atoms with van der Waals surface area (Å²) in [5.41, 5.74) is 1.04. The van der Waals surface area contributed by atoms with Crippen molar-refractivity contribution in [2.24, 2.45) is 0 Å². The maximum Gasteiger partial charge on any atom is 0.159 e. The molecule has 2 aromatic carbocycles. The van der Waals surface area contributed by atoms with Crippen molar-refractivity contribution < 1.29 is 22.7 Å². The molecule has 0 saturated heterocycles. The number of rotatable bonds is 2. The first-order valence-corrected chi connectivity index (χ1v) is 8.44. The minimum Gasteiger partial charge on any atom is -0.392 e. The molecule has 0 bridgehead atoms. The molecule has 22 heavy (non-hydrogen) atoms.